The van der Waals surface area contributed by atoms with Gasteiger partial charge in [-0.3, -0.25) is 4.79 Å². The van der Waals surface area contributed by atoms with Gasteiger partial charge in [-0.05, 0) is 45.7 Å². The lowest BCUT2D eigenvalue weighted by Gasteiger charge is -2.17. The number of aryl methyl sites for hydroxylation is 4. The molecule has 2 rings (SSSR count). The van der Waals surface area contributed by atoms with Crippen LogP contribution in [0.3, 0.4) is 0 Å². The predicted molar refractivity (Wildman–Crippen MR) is 89.8 cm³/mol. The zero-order chi connectivity index (χ0) is 17.0. The van der Waals surface area contributed by atoms with Crippen LogP contribution in [0.2, 0.25) is 0 Å². The second kappa shape index (κ2) is 7.22. The molecule has 0 bridgehead atoms. The van der Waals surface area contributed by atoms with E-state index in [2.05, 4.69) is 15.3 Å². The summed E-state index contributed by atoms with van der Waals surface area (Å²) in [5.74, 6) is 1.36. The molecule has 0 spiro atoms. The van der Waals surface area contributed by atoms with E-state index in [0.717, 1.165) is 16.9 Å². The van der Waals surface area contributed by atoms with Crippen molar-refractivity contribution in [2.24, 2.45) is 0 Å². The number of carbonyl (C=O) groups is 1. The van der Waals surface area contributed by atoms with Crippen LogP contribution in [0.5, 0.6) is 5.75 Å². The number of benzene rings is 1. The van der Waals surface area contributed by atoms with Crippen LogP contribution < -0.4 is 10.1 Å². The highest BCUT2D eigenvalue weighted by molar-refractivity contribution is 5.95. The monoisotopic (exact) mass is 313 g/mol. The van der Waals surface area contributed by atoms with Crippen molar-refractivity contribution in [1.82, 2.24) is 15.3 Å². The largest absolute Gasteiger partial charge is 0.491 e. The Balaban J connectivity index is 1.97. The van der Waals surface area contributed by atoms with Gasteiger partial charge in [0, 0.05) is 6.20 Å². The normalized spacial score (nSPS) is 11.9. The fraction of sp³-hybridized carbons (Fsp3) is 0.389. The van der Waals surface area contributed by atoms with Crippen LogP contribution in [-0.2, 0) is 0 Å². The Morgan fingerprint density at radius 3 is 2.48 bits per heavy atom. The quantitative estimate of drug-likeness (QED) is 0.922. The molecule has 0 radical (unpaired) electrons. The number of para-hydroxylation sites is 1. The first-order chi connectivity index (χ1) is 10.9. The standard InChI is InChI=1S/C18H23N3O2/c1-11-7-6-8-12(2)17(11)23-10-13(3)20-18(22)16-9-19-15(5)21-14(16)4/h6-9,13H,10H2,1-5H3,(H,20,22). The van der Waals surface area contributed by atoms with Gasteiger partial charge in [-0.2, -0.15) is 0 Å². The molecule has 0 fully saturated rings. The van der Waals surface area contributed by atoms with Crippen LogP contribution in [0.4, 0.5) is 0 Å². The van der Waals surface area contributed by atoms with E-state index in [-0.39, 0.29) is 11.9 Å². The lowest BCUT2D eigenvalue weighted by Crippen LogP contribution is -2.37. The van der Waals surface area contributed by atoms with E-state index in [4.69, 9.17) is 4.74 Å². The number of rotatable bonds is 5. The second-order valence-electron chi connectivity index (χ2n) is 5.82. The van der Waals surface area contributed by atoms with Gasteiger partial charge in [0.2, 0.25) is 0 Å². The number of aromatic nitrogens is 2. The fourth-order valence-electron chi connectivity index (χ4n) is 2.38. The molecule has 1 aromatic heterocycles. The van der Waals surface area contributed by atoms with Gasteiger partial charge in [0.1, 0.15) is 18.2 Å². The topological polar surface area (TPSA) is 64.1 Å². The highest BCUT2D eigenvalue weighted by Crippen LogP contribution is 2.22. The Bertz CT molecular complexity index is 693. The van der Waals surface area contributed by atoms with Crippen molar-refractivity contribution in [1.29, 1.82) is 0 Å². The van der Waals surface area contributed by atoms with Gasteiger partial charge in [-0.25, -0.2) is 9.97 Å². The van der Waals surface area contributed by atoms with Gasteiger partial charge >= 0.3 is 0 Å². The fourth-order valence-corrected chi connectivity index (χ4v) is 2.38. The maximum atomic E-state index is 12.3. The molecule has 1 aromatic carbocycles. The maximum absolute atomic E-state index is 12.3. The first-order valence-corrected chi connectivity index (χ1v) is 7.68. The molecule has 1 amide bonds. The number of amides is 1. The minimum absolute atomic E-state index is 0.123. The average Bonchev–Trinajstić information content (AvgIpc) is 2.46. The zero-order valence-corrected chi connectivity index (χ0v) is 14.3. The predicted octanol–water partition coefficient (Wildman–Crippen LogP) is 2.91. The summed E-state index contributed by atoms with van der Waals surface area (Å²) in [6, 6.07) is 5.90. The minimum atomic E-state index is -0.180. The number of ether oxygens (including phenoxy) is 1. The third-order valence-corrected chi connectivity index (χ3v) is 3.61. The molecule has 0 aliphatic carbocycles. The summed E-state index contributed by atoms with van der Waals surface area (Å²) in [6.07, 6.45) is 1.56. The molecule has 1 heterocycles. The van der Waals surface area contributed by atoms with Crippen molar-refractivity contribution in [2.45, 2.75) is 40.7 Å². The lowest BCUT2D eigenvalue weighted by molar-refractivity contribution is 0.0925. The van der Waals surface area contributed by atoms with E-state index in [1.165, 1.54) is 0 Å². The number of nitrogens with zero attached hydrogens (tertiary/aromatic N) is 2. The first kappa shape index (κ1) is 16.9. The van der Waals surface area contributed by atoms with Gasteiger partial charge in [-0.1, -0.05) is 18.2 Å². The van der Waals surface area contributed by atoms with Crippen molar-refractivity contribution in [3.8, 4) is 5.75 Å². The van der Waals surface area contributed by atoms with E-state index in [1.54, 1.807) is 20.0 Å². The second-order valence-corrected chi connectivity index (χ2v) is 5.82. The van der Waals surface area contributed by atoms with E-state index in [0.29, 0.717) is 23.7 Å². The highest BCUT2D eigenvalue weighted by Gasteiger charge is 2.14. The maximum Gasteiger partial charge on any atom is 0.255 e. The highest BCUT2D eigenvalue weighted by atomic mass is 16.5. The van der Waals surface area contributed by atoms with Gasteiger partial charge in [0.25, 0.3) is 5.91 Å². The summed E-state index contributed by atoms with van der Waals surface area (Å²) in [6.45, 7) is 9.95. The number of nitrogens with one attached hydrogen (secondary N) is 1. The Kier molecular flexibility index (Phi) is 5.32. The van der Waals surface area contributed by atoms with Crippen molar-refractivity contribution in [3.05, 3.63) is 52.6 Å². The molecule has 0 saturated heterocycles. The molecule has 1 unspecified atom stereocenters. The van der Waals surface area contributed by atoms with Crippen LogP contribution in [0.1, 0.15) is 39.9 Å². The van der Waals surface area contributed by atoms with E-state index in [1.807, 2.05) is 39.0 Å². The molecule has 0 aliphatic rings. The summed E-state index contributed by atoms with van der Waals surface area (Å²) in [5, 5.41) is 2.92. The van der Waals surface area contributed by atoms with Gasteiger partial charge in [-0.15, -0.1) is 0 Å². The SMILES string of the molecule is Cc1ncc(C(=O)NC(C)COc2c(C)cccc2C)c(C)n1. The van der Waals surface area contributed by atoms with Crippen LogP contribution in [0.25, 0.3) is 0 Å². The van der Waals surface area contributed by atoms with Crippen LogP contribution >= 0.6 is 0 Å². The van der Waals surface area contributed by atoms with Crippen LogP contribution in [0.15, 0.2) is 24.4 Å². The lowest BCUT2D eigenvalue weighted by atomic mass is 10.1. The molecule has 5 heteroatoms. The number of hydrogen-bond acceptors (Lipinski definition) is 4. The summed E-state index contributed by atoms with van der Waals surface area (Å²) in [5.41, 5.74) is 3.35. The molecule has 122 valence electrons. The van der Waals surface area contributed by atoms with Crippen molar-refractivity contribution in [3.63, 3.8) is 0 Å². The molecule has 2 aromatic rings. The Morgan fingerprint density at radius 1 is 1.22 bits per heavy atom. The van der Waals surface area contributed by atoms with Crippen LogP contribution in [0, 0.1) is 27.7 Å². The summed E-state index contributed by atoms with van der Waals surface area (Å²) in [4.78, 5) is 20.6. The number of hydrogen-bond donors (Lipinski definition) is 1. The van der Waals surface area contributed by atoms with Crippen molar-refractivity contribution >= 4 is 5.91 Å². The molecule has 23 heavy (non-hydrogen) atoms. The molecule has 0 saturated carbocycles. The van der Waals surface area contributed by atoms with E-state index < -0.39 is 0 Å². The molecule has 0 aliphatic heterocycles. The summed E-state index contributed by atoms with van der Waals surface area (Å²) >= 11 is 0. The third kappa shape index (κ3) is 4.28. The van der Waals surface area contributed by atoms with Crippen molar-refractivity contribution in [2.75, 3.05) is 6.61 Å². The molecular weight excluding hydrogens is 290 g/mol. The van der Waals surface area contributed by atoms with Crippen molar-refractivity contribution < 1.29 is 9.53 Å². The Hall–Kier alpha value is -2.43. The average molecular weight is 313 g/mol. The van der Waals surface area contributed by atoms with E-state index >= 15 is 0 Å². The Morgan fingerprint density at radius 2 is 1.87 bits per heavy atom. The Labute approximate surface area is 137 Å². The third-order valence-electron chi connectivity index (χ3n) is 3.61. The number of carbonyl (C=O) groups excluding carboxylic acids is 1. The first-order valence-electron chi connectivity index (χ1n) is 7.68. The minimum Gasteiger partial charge on any atom is -0.491 e. The molecule has 5 nitrogen and oxygen atoms in total. The molecule has 1 atom stereocenters. The summed E-state index contributed by atoms with van der Waals surface area (Å²) in [7, 11) is 0. The van der Waals surface area contributed by atoms with Gasteiger partial charge in [0.15, 0.2) is 0 Å². The van der Waals surface area contributed by atoms with Gasteiger partial charge < -0.3 is 10.1 Å². The van der Waals surface area contributed by atoms with E-state index in [9.17, 15) is 4.79 Å². The molecular formula is C18H23N3O2. The summed E-state index contributed by atoms with van der Waals surface area (Å²) < 4.78 is 5.87. The zero-order valence-electron chi connectivity index (χ0n) is 14.3. The van der Waals surface area contributed by atoms with Crippen LogP contribution in [-0.4, -0.2) is 28.5 Å². The molecule has 1 N–H and O–H groups in total. The smallest absolute Gasteiger partial charge is 0.255 e. The van der Waals surface area contributed by atoms with Gasteiger partial charge in [0.05, 0.1) is 17.3 Å².